The van der Waals surface area contributed by atoms with E-state index in [1.54, 1.807) is 11.1 Å². The SMILES string of the molecule is O=C(CCc1ccccc1)N(Cc1ccccn1)c1nc2ccc(Cl)cc2s1. The first-order valence-electron chi connectivity index (χ1n) is 8.99. The molecule has 0 atom stereocenters. The van der Waals surface area contributed by atoms with Crippen LogP contribution in [0.3, 0.4) is 0 Å². The van der Waals surface area contributed by atoms with Gasteiger partial charge in [-0.1, -0.05) is 59.3 Å². The average Bonchev–Trinajstić information content (AvgIpc) is 3.14. The molecule has 2 heterocycles. The first kappa shape index (κ1) is 18.6. The molecule has 0 fully saturated rings. The zero-order chi connectivity index (χ0) is 19.3. The van der Waals surface area contributed by atoms with E-state index in [4.69, 9.17) is 11.6 Å². The van der Waals surface area contributed by atoms with Crippen molar-refractivity contribution in [1.29, 1.82) is 0 Å². The number of anilines is 1. The second-order valence-corrected chi connectivity index (χ2v) is 7.84. The van der Waals surface area contributed by atoms with Gasteiger partial charge in [-0.05, 0) is 42.3 Å². The number of aryl methyl sites for hydroxylation is 1. The molecule has 1 amide bonds. The van der Waals surface area contributed by atoms with Crippen molar-refractivity contribution < 1.29 is 4.79 Å². The molecule has 0 saturated heterocycles. The van der Waals surface area contributed by atoms with Gasteiger partial charge in [0.1, 0.15) is 0 Å². The van der Waals surface area contributed by atoms with E-state index >= 15 is 0 Å². The number of thiazole rings is 1. The summed E-state index contributed by atoms with van der Waals surface area (Å²) >= 11 is 7.58. The third kappa shape index (κ3) is 4.38. The number of hydrogen-bond acceptors (Lipinski definition) is 4. The molecule has 28 heavy (non-hydrogen) atoms. The maximum absolute atomic E-state index is 13.1. The van der Waals surface area contributed by atoms with Crippen LogP contribution in [-0.2, 0) is 17.8 Å². The van der Waals surface area contributed by atoms with Crippen LogP contribution in [0.1, 0.15) is 17.7 Å². The summed E-state index contributed by atoms with van der Waals surface area (Å²) in [5.41, 5.74) is 2.81. The first-order chi connectivity index (χ1) is 13.7. The molecule has 6 heteroatoms. The van der Waals surface area contributed by atoms with Crippen LogP contribution in [0.15, 0.2) is 72.9 Å². The molecule has 4 nitrogen and oxygen atoms in total. The van der Waals surface area contributed by atoms with Crippen LogP contribution in [-0.4, -0.2) is 15.9 Å². The summed E-state index contributed by atoms with van der Waals surface area (Å²) < 4.78 is 0.962. The van der Waals surface area contributed by atoms with Gasteiger partial charge >= 0.3 is 0 Å². The maximum atomic E-state index is 13.1. The third-order valence-corrected chi connectivity index (χ3v) is 5.66. The highest BCUT2D eigenvalue weighted by Crippen LogP contribution is 2.32. The van der Waals surface area contributed by atoms with Gasteiger partial charge in [0.2, 0.25) is 5.91 Å². The van der Waals surface area contributed by atoms with Gasteiger partial charge in [0.25, 0.3) is 0 Å². The van der Waals surface area contributed by atoms with Gasteiger partial charge in [-0.25, -0.2) is 4.98 Å². The van der Waals surface area contributed by atoms with Gasteiger partial charge in [0.15, 0.2) is 5.13 Å². The molecular formula is C22H18ClN3OS. The van der Waals surface area contributed by atoms with Crippen LogP contribution >= 0.6 is 22.9 Å². The Labute approximate surface area is 172 Å². The van der Waals surface area contributed by atoms with Gasteiger partial charge in [-0.3, -0.25) is 14.7 Å². The molecule has 0 saturated carbocycles. The van der Waals surface area contributed by atoms with E-state index in [9.17, 15) is 4.79 Å². The Morgan fingerprint density at radius 2 is 1.86 bits per heavy atom. The number of fused-ring (bicyclic) bond motifs is 1. The lowest BCUT2D eigenvalue weighted by molar-refractivity contribution is -0.118. The van der Waals surface area contributed by atoms with Crippen molar-refractivity contribution in [2.45, 2.75) is 19.4 Å². The Morgan fingerprint density at radius 1 is 1.04 bits per heavy atom. The van der Waals surface area contributed by atoms with E-state index in [0.717, 1.165) is 21.5 Å². The zero-order valence-corrected chi connectivity index (χ0v) is 16.7. The molecular weight excluding hydrogens is 390 g/mol. The number of amides is 1. The predicted molar refractivity (Wildman–Crippen MR) is 115 cm³/mol. The largest absolute Gasteiger partial charge is 0.282 e. The highest BCUT2D eigenvalue weighted by atomic mass is 35.5. The van der Waals surface area contributed by atoms with Crippen molar-refractivity contribution in [1.82, 2.24) is 9.97 Å². The van der Waals surface area contributed by atoms with Crippen LogP contribution in [0, 0.1) is 0 Å². The Hall–Kier alpha value is -2.76. The van der Waals surface area contributed by atoms with E-state index in [1.807, 2.05) is 66.7 Å². The van der Waals surface area contributed by atoms with Gasteiger partial charge in [0, 0.05) is 17.6 Å². The summed E-state index contributed by atoms with van der Waals surface area (Å²) in [6.07, 6.45) is 2.84. The summed E-state index contributed by atoms with van der Waals surface area (Å²) in [6, 6.07) is 21.3. The van der Waals surface area contributed by atoms with Crippen molar-refractivity contribution in [3.8, 4) is 0 Å². The smallest absolute Gasteiger partial charge is 0.229 e. The standard InChI is InChI=1S/C22H18ClN3OS/c23-17-10-11-19-20(14-17)28-22(25-19)26(15-18-8-4-5-13-24-18)21(27)12-9-16-6-2-1-3-7-16/h1-8,10-11,13-14H,9,12,15H2. The van der Waals surface area contributed by atoms with Crippen molar-refractivity contribution in [2.75, 3.05) is 4.90 Å². The second-order valence-electron chi connectivity index (χ2n) is 6.40. The highest BCUT2D eigenvalue weighted by molar-refractivity contribution is 7.22. The van der Waals surface area contributed by atoms with Crippen molar-refractivity contribution in [3.63, 3.8) is 0 Å². The van der Waals surface area contributed by atoms with Crippen LogP contribution in [0.2, 0.25) is 5.02 Å². The summed E-state index contributed by atoms with van der Waals surface area (Å²) in [7, 11) is 0. The van der Waals surface area contributed by atoms with E-state index in [2.05, 4.69) is 9.97 Å². The molecule has 0 radical (unpaired) electrons. The van der Waals surface area contributed by atoms with Crippen molar-refractivity contribution in [3.05, 3.63) is 89.2 Å². The number of rotatable bonds is 6. The minimum atomic E-state index is 0.0275. The number of hydrogen-bond donors (Lipinski definition) is 0. The van der Waals surface area contributed by atoms with Gasteiger partial charge in [-0.15, -0.1) is 0 Å². The topological polar surface area (TPSA) is 46.1 Å². The fourth-order valence-electron chi connectivity index (χ4n) is 2.95. The molecule has 0 bridgehead atoms. The van der Waals surface area contributed by atoms with Crippen molar-refractivity contribution >= 4 is 44.2 Å². The van der Waals surface area contributed by atoms with Gasteiger partial charge in [-0.2, -0.15) is 0 Å². The van der Waals surface area contributed by atoms with Crippen molar-refractivity contribution in [2.24, 2.45) is 0 Å². The monoisotopic (exact) mass is 407 g/mol. The normalized spacial score (nSPS) is 10.9. The quantitative estimate of drug-likeness (QED) is 0.423. The number of carbonyl (C=O) groups excluding carboxylic acids is 1. The molecule has 4 aromatic rings. The summed E-state index contributed by atoms with van der Waals surface area (Å²) in [5.74, 6) is 0.0275. The van der Waals surface area contributed by atoms with Crippen LogP contribution in [0.4, 0.5) is 5.13 Å². The number of benzene rings is 2. The number of nitrogens with zero attached hydrogens (tertiary/aromatic N) is 3. The Morgan fingerprint density at radius 3 is 2.64 bits per heavy atom. The number of pyridine rings is 1. The third-order valence-electron chi connectivity index (χ3n) is 4.39. The van der Waals surface area contributed by atoms with Gasteiger partial charge in [0.05, 0.1) is 22.5 Å². The molecule has 0 aliphatic rings. The predicted octanol–water partition coefficient (Wildman–Crippen LogP) is 5.51. The van der Waals surface area contributed by atoms with E-state index in [-0.39, 0.29) is 5.91 Å². The Balaban J connectivity index is 1.61. The molecule has 4 rings (SSSR count). The summed E-state index contributed by atoms with van der Waals surface area (Å²) in [5, 5.41) is 1.33. The summed E-state index contributed by atoms with van der Waals surface area (Å²) in [4.78, 5) is 23.9. The Bertz CT molecular complexity index is 1080. The number of halogens is 1. The Kier molecular flexibility index (Phi) is 5.65. The molecule has 2 aromatic carbocycles. The van der Waals surface area contributed by atoms with E-state index < -0.39 is 0 Å². The number of carbonyl (C=O) groups is 1. The highest BCUT2D eigenvalue weighted by Gasteiger charge is 2.20. The summed E-state index contributed by atoms with van der Waals surface area (Å²) in [6.45, 7) is 0.391. The molecule has 0 N–H and O–H groups in total. The average molecular weight is 408 g/mol. The van der Waals surface area contributed by atoms with Crippen LogP contribution in [0.5, 0.6) is 0 Å². The molecule has 0 aliphatic carbocycles. The fourth-order valence-corrected chi connectivity index (χ4v) is 4.21. The lowest BCUT2D eigenvalue weighted by atomic mass is 10.1. The molecule has 0 spiro atoms. The minimum Gasteiger partial charge on any atom is -0.282 e. The molecule has 0 unspecified atom stereocenters. The van der Waals surface area contributed by atoms with Crippen LogP contribution < -0.4 is 4.90 Å². The second kappa shape index (κ2) is 8.50. The lowest BCUT2D eigenvalue weighted by Gasteiger charge is -2.19. The van der Waals surface area contributed by atoms with E-state index in [1.165, 1.54) is 11.3 Å². The maximum Gasteiger partial charge on any atom is 0.229 e. The van der Waals surface area contributed by atoms with Gasteiger partial charge < -0.3 is 0 Å². The van der Waals surface area contributed by atoms with E-state index in [0.29, 0.717) is 29.5 Å². The molecule has 0 aliphatic heterocycles. The minimum absolute atomic E-state index is 0.0275. The molecule has 2 aromatic heterocycles. The zero-order valence-electron chi connectivity index (χ0n) is 15.1. The fraction of sp³-hybridized carbons (Fsp3) is 0.136. The molecule has 140 valence electrons. The van der Waals surface area contributed by atoms with Crippen LogP contribution in [0.25, 0.3) is 10.2 Å². The lowest BCUT2D eigenvalue weighted by Crippen LogP contribution is -2.30. The number of aromatic nitrogens is 2. The first-order valence-corrected chi connectivity index (χ1v) is 10.2.